The maximum Gasteiger partial charge on any atom is 0.292 e. The molecule has 0 bridgehead atoms. The number of halogens is 1. The molecule has 7 heteroatoms. The van der Waals surface area contributed by atoms with E-state index in [2.05, 4.69) is 10.6 Å². The number of rotatable bonds is 5. The molecule has 0 unspecified atom stereocenters. The maximum absolute atomic E-state index is 12.1. The van der Waals surface area contributed by atoms with E-state index in [9.17, 15) is 14.9 Å². The normalized spacial score (nSPS) is 11.5. The van der Waals surface area contributed by atoms with Gasteiger partial charge in [0, 0.05) is 16.8 Å². The summed E-state index contributed by atoms with van der Waals surface area (Å²) < 4.78 is 0. The van der Waals surface area contributed by atoms with Crippen molar-refractivity contribution < 1.29 is 9.72 Å². The van der Waals surface area contributed by atoms with Gasteiger partial charge in [-0.1, -0.05) is 23.7 Å². The van der Waals surface area contributed by atoms with Gasteiger partial charge < -0.3 is 10.6 Å². The molecule has 0 aliphatic rings. The Balaban J connectivity index is 2.05. The fourth-order valence-corrected chi connectivity index (χ4v) is 1.97. The highest BCUT2D eigenvalue weighted by atomic mass is 35.5. The first kappa shape index (κ1) is 15.8. The number of benzene rings is 2. The number of amides is 1. The molecular weight excluding hydrogens is 306 g/mol. The van der Waals surface area contributed by atoms with E-state index in [1.54, 1.807) is 43.3 Å². The van der Waals surface area contributed by atoms with Crippen LogP contribution in [0.1, 0.15) is 6.92 Å². The van der Waals surface area contributed by atoms with Crippen LogP contribution in [0.3, 0.4) is 0 Å². The maximum atomic E-state index is 12.1. The molecule has 0 saturated heterocycles. The molecular formula is C15H14ClN3O3. The molecule has 2 aromatic rings. The van der Waals surface area contributed by atoms with Crippen LogP contribution in [0.2, 0.25) is 5.02 Å². The summed E-state index contributed by atoms with van der Waals surface area (Å²) in [6.45, 7) is 1.67. The number of nitro groups is 1. The van der Waals surface area contributed by atoms with E-state index in [4.69, 9.17) is 11.6 Å². The summed E-state index contributed by atoms with van der Waals surface area (Å²) in [5.41, 5.74) is 0.756. The molecule has 114 valence electrons. The zero-order valence-corrected chi connectivity index (χ0v) is 12.5. The predicted molar refractivity (Wildman–Crippen MR) is 86.3 cm³/mol. The Labute approximate surface area is 132 Å². The smallest absolute Gasteiger partial charge is 0.292 e. The van der Waals surface area contributed by atoms with Gasteiger partial charge in [0.25, 0.3) is 5.69 Å². The lowest BCUT2D eigenvalue weighted by molar-refractivity contribution is -0.383. The van der Waals surface area contributed by atoms with Crippen molar-refractivity contribution in [3.63, 3.8) is 0 Å². The van der Waals surface area contributed by atoms with Gasteiger partial charge >= 0.3 is 0 Å². The number of nitro benzene ring substituents is 1. The summed E-state index contributed by atoms with van der Waals surface area (Å²) in [5, 5.41) is 17.1. The molecule has 2 N–H and O–H groups in total. The quantitative estimate of drug-likeness (QED) is 0.650. The van der Waals surface area contributed by atoms with Crippen molar-refractivity contribution in [3.05, 3.63) is 63.7 Å². The number of anilines is 2. The van der Waals surface area contributed by atoms with E-state index in [1.165, 1.54) is 12.1 Å². The summed E-state index contributed by atoms with van der Waals surface area (Å²) in [6.07, 6.45) is 0. The van der Waals surface area contributed by atoms with E-state index in [1.807, 2.05) is 0 Å². The van der Waals surface area contributed by atoms with Gasteiger partial charge in [0.15, 0.2) is 0 Å². The van der Waals surface area contributed by atoms with E-state index in [0.717, 1.165) is 5.69 Å². The molecule has 0 saturated carbocycles. The third-order valence-corrected chi connectivity index (χ3v) is 3.23. The fourth-order valence-electron chi connectivity index (χ4n) is 1.84. The van der Waals surface area contributed by atoms with Crippen LogP contribution in [-0.2, 0) is 4.79 Å². The minimum Gasteiger partial charge on any atom is -0.374 e. The molecule has 0 heterocycles. The van der Waals surface area contributed by atoms with Crippen LogP contribution in [0, 0.1) is 10.1 Å². The lowest BCUT2D eigenvalue weighted by Gasteiger charge is -2.15. The SMILES string of the molecule is C[C@H](Nc1ccc(Cl)cc1)C(=O)Nc1ccccc1[N+](=O)[O-]. The Morgan fingerprint density at radius 2 is 1.82 bits per heavy atom. The lowest BCUT2D eigenvalue weighted by Crippen LogP contribution is -2.32. The molecule has 0 radical (unpaired) electrons. The molecule has 6 nitrogen and oxygen atoms in total. The summed E-state index contributed by atoms with van der Waals surface area (Å²) in [4.78, 5) is 22.5. The monoisotopic (exact) mass is 319 g/mol. The number of carbonyl (C=O) groups excluding carboxylic acids is 1. The van der Waals surface area contributed by atoms with Gasteiger partial charge in [-0.05, 0) is 37.3 Å². The largest absolute Gasteiger partial charge is 0.374 e. The van der Waals surface area contributed by atoms with Crippen molar-refractivity contribution >= 4 is 34.6 Å². The first-order chi connectivity index (χ1) is 10.5. The van der Waals surface area contributed by atoms with Gasteiger partial charge in [0.2, 0.25) is 5.91 Å². The third-order valence-electron chi connectivity index (χ3n) is 2.98. The van der Waals surface area contributed by atoms with Gasteiger partial charge in [-0.2, -0.15) is 0 Å². The Morgan fingerprint density at radius 1 is 1.18 bits per heavy atom. The highest BCUT2D eigenvalue weighted by Crippen LogP contribution is 2.23. The number of carbonyl (C=O) groups is 1. The zero-order chi connectivity index (χ0) is 16.1. The van der Waals surface area contributed by atoms with Gasteiger partial charge in [0.1, 0.15) is 11.7 Å². The topological polar surface area (TPSA) is 84.3 Å². The average Bonchev–Trinajstić information content (AvgIpc) is 2.49. The van der Waals surface area contributed by atoms with Crippen molar-refractivity contribution in [3.8, 4) is 0 Å². The molecule has 0 aromatic heterocycles. The van der Waals surface area contributed by atoms with Crippen LogP contribution in [0.4, 0.5) is 17.1 Å². The zero-order valence-electron chi connectivity index (χ0n) is 11.7. The second-order valence-electron chi connectivity index (χ2n) is 4.64. The van der Waals surface area contributed by atoms with E-state index >= 15 is 0 Å². The van der Waals surface area contributed by atoms with Crippen molar-refractivity contribution in [2.75, 3.05) is 10.6 Å². The van der Waals surface area contributed by atoms with E-state index in [-0.39, 0.29) is 17.3 Å². The molecule has 2 aromatic carbocycles. The van der Waals surface area contributed by atoms with Crippen LogP contribution in [0.5, 0.6) is 0 Å². The molecule has 0 aliphatic carbocycles. The van der Waals surface area contributed by atoms with Gasteiger partial charge in [0.05, 0.1) is 4.92 Å². The molecule has 1 amide bonds. The highest BCUT2D eigenvalue weighted by molar-refractivity contribution is 6.30. The number of nitrogens with zero attached hydrogens (tertiary/aromatic N) is 1. The number of hydrogen-bond acceptors (Lipinski definition) is 4. The minimum absolute atomic E-state index is 0.144. The first-order valence-electron chi connectivity index (χ1n) is 6.54. The van der Waals surface area contributed by atoms with Crippen molar-refractivity contribution in [1.82, 2.24) is 0 Å². The summed E-state index contributed by atoms with van der Waals surface area (Å²) in [6, 6.07) is 12.3. The fraction of sp³-hybridized carbons (Fsp3) is 0.133. The van der Waals surface area contributed by atoms with Gasteiger partial charge in [-0.3, -0.25) is 14.9 Å². The van der Waals surface area contributed by atoms with E-state index < -0.39 is 11.0 Å². The molecule has 0 fully saturated rings. The van der Waals surface area contributed by atoms with Crippen LogP contribution < -0.4 is 10.6 Å². The van der Waals surface area contributed by atoms with E-state index in [0.29, 0.717) is 5.02 Å². The van der Waals surface area contributed by atoms with Gasteiger partial charge in [-0.15, -0.1) is 0 Å². The second-order valence-corrected chi connectivity index (χ2v) is 5.07. The highest BCUT2D eigenvalue weighted by Gasteiger charge is 2.18. The van der Waals surface area contributed by atoms with Gasteiger partial charge in [-0.25, -0.2) is 0 Å². The molecule has 1 atom stereocenters. The summed E-state index contributed by atoms with van der Waals surface area (Å²) >= 11 is 5.79. The average molecular weight is 320 g/mol. The Kier molecular flexibility index (Phi) is 4.95. The predicted octanol–water partition coefficient (Wildman–Crippen LogP) is 3.69. The third kappa shape index (κ3) is 3.95. The minimum atomic E-state index is -0.569. The Bertz CT molecular complexity index is 689. The Hall–Kier alpha value is -2.60. The number of hydrogen-bond donors (Lipinski definition) is 2. The van der Waals surface area contributed by atoms with Crippen LogP contribution >= 0.6 is 11.6 Å². The van der Waals surface area contributed by atoms with Crippen LogP contribution in [0.25, 0.3) is 0 Å². The molecule has 22 heavy (non-hydrogen) atoms. The Morgan fingerprint density at radius 3 is 2.45 bits per heavy atom. The summed E-state index contributed by atoms with van der Waals surface area (Å²) in [5.74, 6) is -0.371. The first-order valence-corrected chi connectivity index (χ1v) is 6.91. The van der Waals surface area contributed by atoms with Crippen molar-refractivity contribution in [2.45, 2.75) is 13.0 Å². The molecule has 0 aliphatic heterocycles. The van der Waals surface area contributed by atoms with Crippen LogP contribution in [-0.4, -0.2) is 16.9 Å². The molecule has 0 spiro atoms. The number of para-hydroxylation sites is 2. The van der Waals surface area contributed by atoms with Crippen molar-refractivity contribution in [2.24, 2.45) is 0 Å². The standard InChI is InChI=1S/C15H14ClN3O3/c1-10(17-12-8-6-11(16)7-9-12)15(20)18-13-4-2-3-5-14(13)19(21)22/h2-10,17H,1H3,(H,18,20)/t10-/m0/s1. The second kappa shape index (κ2) is 6.91. The number of nitrogens with one attached hydrogen (secondary N) is 2. The van der Waals surface area contributed by atoms with Crippen LogP contribution in [0.15, 0.2) is 48.5 Å². The lowest BCUT2D eigenvalue weighted by atomic mass is 10.2. The van der Waals surface area contributed by atoms with Crippen molar-refractivity contribution in [1.29, 1.82) is 0 Å². The molecule has 2 rings (SSSR count). The summed E-state index contributed by atoms with van der Waals surface area (Å²) in [7, 11) is 0.